The Bertz CT molecular complexity index is 617. The summed E-state index contributed by atoms with van der Waals surface area (Å²) in [5.41, 5.74) is 7.58. The molecular weight excluding hydrogens is 244 g/mol. The molecule has 5 heteroatoms. The van der Waals surface area contributed by atoms with Crippen LogP contribution in [0.1, 0.15) is 27.4 Å². The molecule has 0 fully saturated rings. The number of carboxylic acid groups (broad SMARTS) is 1. The Morgan fingerprint density at radius 1 is 1.37 bits per heavy atom. The molecule has 0 amide bonds. The average Bonchev–Trinajstić information content (AvgIpc) is 2.76. The number of anilines is 2. The molecular formula is C14H16N2O3. The van der Waals surface area contributed by atoms with Crippen molar-refractivity contribution in [2.24, 2.45) is 0 Å². The molecule has 0 spiro atoms. The Kier molecular flexibility index (Phi) is 3.46. The van der Waals surface area contributed by atoms with Crippen LogP contribution in [0.3, 0.4) is 0 Å². The third-order valence-electron chi connectivity index (χ3n) is 2.88. The first-order valence-corrected chi connectivity index (χ1v) is 5.90. The number of hydrogen-bond acceptors (Lipinski definition) is 4. The summed E-state index contributed by atoms with van der Waals surface area (Å²) in [7, 11) is 0. The van der Waals surface area contributed by atoms with Gasteiger partial charge < -0.3 is 20.6 Å². The molecule has 0 unspecified atom stereocenters. The molecule has 0 atom stereocenters. The predicted octanol–water partition coefficient (Wildman–Crippen LogP) is 2.79. The van der Waals surface area contributed by atoms with Gasteiger partial charge >= 0.3 is 5.97 Å². The number of nitrogens with two attached hydrogens (primary N) is 1. The van der Waals surface area contributed by atoms with Crippen LogP contribution in [-0.2, 0) is 6.54 Å². The second-order valence-electron chi connectivity index (χ2n) is 4.43. The van der Waals surface area contributed by atoms with Crippen molar-refractivity contribution in [3.63, 3.8) is 0 Å². The number of carbonyl (C=O) groups is 1. The Balaban J connectivity index is 2.19. The molecule has 1 heterocycles. The molecule has 5 nitrogen and oxygen atoms in total. The highest BCUT2D eigenvalue weighted by Gasteiger charge is 2.11. The van der Waals surface area contributed by atoms with E-state index in [4.69, 9.17) is 15.3 Å². The minimum atomic E-state index is -1.03. The lowest BCUT2D eigenvalue weighted by Crippen LogP contribution is -2.07. The van der Waals surface area contributed by atoms with Crippen LogP contribution in [-0.4, -0.2) is 11.1 Å². The highest BCUT2D eigenvalue weighted by Crippen LogP contribution is 2.23. The lowest BCUT2D eigenvalue weighted by atomic mass is 10.1. The quantitative estimate of drug-likeness (QED) is 0.735. The van der Waals surface area contributed by atoms with Crippen molar-refractivity contribution < 1.29 is 14.3 Å². The fourth-order valence-corrected chi connectivity index (χ4v) is 1.85. The van der Waals surface area contributed by atoms with Crippen LogP contribution in [0, 0.1) is 13.8 Å². The number of benzene rings is 1. The van der Waals surface area contributed by atoms with Gasteiger partial charge in [0.05, 0.1) is 12.1 Å². The van der Waals surface area contributed by atoms with E-state index in [0.29, 0.717) is 17.9 Å². The Labute approximate surface area is 111 Å². The van der Waals surface area contributed by atoms with E-state index in [1.807, 2.05) is 25.1 Å². The number of aryl methyl sites for hydroxylation is 2. The Morgan fingerprint density at radius 3 is 2.68 bits per heavy atom. The monoisotopic (exact) mass is 260 g/mol. The molecule has 0 saturated carbocycles. The van der Waals surface area contributed by atoms with E-state index < -0.39 is 5.97 Å². The summed E-state index contributed by atoms with van der Waals surface area (Å²) in [6.07, 6.45) is 0. The van der Waals surface area contributed by atoms with E-state index in [-0.39, 0.29) is 5.56 Å². The van der Waals surface area contributed by atoms with Gasteiger partial charge in [0, 0.05) is 11.4 Å². The van der Waals surface area contributed by atoms with Crippen LogP contribution < -0.4 is 11.1 Å². The van der Waals surface area contributed by atoms with Crippen molar-refractivity contribution in [3.05, 3.63) is 46.9 Å². The molecule has 0 aliphatic carbocycles. The fourth-order valence-electron chi connectivity index (χ4n) is 1.85. The number of carboxylic acids is 1. The molecule has 1 aromatic heterocycles. The number of nitrogen functional groups attached to an aromatic ring is 1. The van der Waals surface area contributed by atoms with Crippen LogP contribution in [0.25, 0.3) is 0 Å². The molecule has 0 radical (unpaired) electrons. The molecule has 2 rings (SSSR count). The molecule has 100 valence electrons. The van der Waals surface area contributed by atoms with Crippen molar-refractivity contribution in [2.45, 2.75) is 20.4 Å². The van der Waals surface area contributed by atoms with Gasteiger partial charge in [-0.25, -0.2) is 4.79 Å². The zero-order valence-electron chi connectivity index (χ0n) is 10.9. The van der Waals surface area contributed by atoms with E-state index in [2.05, 4.69) is 5.32 Å². The van der Waals surface area contributed by atoms with Crippen LogP contribution in [0.15, 0.2) is 28.7 Å². The largest absolute Gasteiger partial charge is 0.478 e. The van der Waals surface area contributed by atoms with E-state index in [9.17, 15) is 4.79 Å². The SMILES string of the molecule is Cc1ccc(CNc2cc(C)c(N)c(C(=O)O)c2)o1. The van der Waals surface area contributed by atoms with Crippen molar-refractivity contribution in [1.29, 1.82) is 0 Å². The van der Waals surface area contributed by atoms with Crippen LogP contribution in [0.4, 0.5) is 11.4 Å². The third kappa shape index (κ3) is 2.88. The first kappa shape index (κ1) is 13.0. The van der Waals surface area contributed by atoms with Gasteiger partial charge in [-0.3, -0.25) is 0 Å². The standard InChI is InChI=1S/C14H16N2O3/c1-8-5-10(6-12(13(8)15)14(17)18)16-7-11-4-3-9(2)19-11/h3-6,16H,7,15H2,1-2H3,(H,17,18). The molecule has 2 aromatic rings. The van der Waals surface area contributed by atoms with Gasteiger partial charge in [0.1, 0.15) is 11.5 Å². The van der Waals surface area contributed by atoms with Crippen LogP contribution >= 0.6 is 0 Å². The minimum absolute atomic E-state index is 0.109. The van der Waals surface area contributed by atoms with Crippen molar-refractivity contribution >= 4 is 17.3 Å². The molecule has 0 aliphatic heterocycles. The summed E-state index contributed by atoms with van der Waals surface area (Å²) in [6, 6.07) is 7.11. The van der Waals surface area contributed by atoms with Crippen LogP contribution in [0.5, 0.6) is 0 Å². The molecule has 4 N–H and O–H groups in total. The zero-order chi connectivity index (χ0) is 14.0. The normalized spacial score (nSPS) is 10.4. The highest BCUT2D eigenvalue weighted by atomic mass is 16.4. The summed E-state index contributed by atoms with van der Waals surface area (Å²) < 4.78 is 5.43. The number of rotatable bonds is 4. The average molecular weight is 260 g/mol. The molecule has 19 heavy (non-hydrogen) atoms. The van der Waals surface area contributed by atoms with E-state index in [1.54, 1.807) is 6.92 Å². The maximum atomic E-state index is 11.1. The van der Waals surface area contributed by atoms with E-state index in [0.717, 1.165) is 17.1 Å². The number of nitrogens with one attached hydrogen (secondary N) is 1. The van der Waals surface area contributed by atoms with Gasteiger partial charge in [0.15, 0.2) is 0 Å². The van der Waals surface area contributed by atoms with Crippen molar-refractivity contribution in [3.8, 4) is 0 Å². The molecule has 0 bridgehead atoms. The van der Waals surface area contributed by atoms with Gasteiger partial charge in [0.2, 0.25) is 0 Å². The van der Waals surface area contributed by atoms with Crippen molar-refractivity contribution in [1.82, 2.24) is 0 Å². The lowest BCUT2D eigenvalue weighted by molar-refractivity contribution is 0.0698. The topological polar surface area (TPSA) is 88.5 Å². The summed E-state index contributed by atoms with van der Waals surface area (Å²) >= 11 is 0. The lowest BCUT2D eigenvalue weighted by Gasteiger charge is -2.10. The second kappa shape index (κ2) is 5.06. The Morgan fingerprint density at radius 2 is 2.11 bits per heavy atom. The van der Waals surface area contributed by atoms with Gasteiger partial charge in [-0.15, -0.1) is 0 Å². The van der Waals surface area contributed by atoms with E-state index >= 15 is 0 Å². The first-order chi connectivity index (χ1) is 8.97. The smallest absolute Gasteiger partial charge is 0.337 e. The Hall–Kier alpha value is -2.43. The summed E-state index contributed by atoms with van der Waals surface area (Å²) in [4.78, 5) is 11.1. The molecule has 0 saturated heterocycles. The summed E-state index contributed by atoms with van der Waals surface area (Å²) in [5.74, 6) is 0.610. The number of furan rings is 1. The number of aromatic carboxylic acids is 1. The maximum Gasteiger partial charge on any atom is 0.337 e. The van der Waals surface area contributed by atoms with Gasteiger partial charge in [-0.05, 0) is 43.7 Å². The predicted molar refractivity (Wildman–Crippen MR) is 73.3 cm³/mol. The second-order valence-corrected chi connectivity index (χ2v) is 4.43. The van der Waals surface area contributed by atoms with E-state index in [1.165, 1.54) is 6.07 Å². The van der Waals surface area contributed by atoms with Gasteiger partial charge in [-0.2, -0.15) is 0 Å². The highest BCUT2D eigenvalue weighted by molar-refractivity contribution is 5.95. The third-order valence-corrected chi connectivity index (χ3v) is 2.88. The van der Waals surface area contributed by atoms with Crippen molar-refractivity contribution in [2.75, 3.05) is 11.1 Å². The van der Waals surface area contributed by atoms with Gasteiger partial charge in [-0.1, -0.05) is 0 Å². The summed E-state index contributed by atoms with van der Waals surface area (Å²) in [5, 5.41) is 12.2. The molecule has 0 aliphatic rings. The van der Waals surface area contributed by atoms with Gasteiger partial charge in [0.25, 0.3) is 0 Å². The summed E-state index contributed by atoms with van der Waals surface area (Å²) in [6.45, 7) is 4.15. The van der Waals surface area contributed by atoms with Crippen LogP contribution in [0.2, 0.25) is 0 Å². The molecule has 1 aromatic carbocycles. The first-order valence-electron chi connectivity index (χ1n) is 5.90. The minimum Gasteiger partial charge on any atom is -0.478 e. The fraction of sp³-hybridized carbons (Fsp3) is 0.214. The number of hydrogen-bond donors (Lipinski definition) is 3. The zero-order valence-corrected chi connectivity index (χ0v) is 10.9. The maximum absolute atomic E-state index is 11.1.